The van der Waals surface area contributed by atoms with Crippen LogP contribution in [0.25, 0.3) is 10.2 Å². The molecular weight excluding hydrogens is 356 g/mol. The number of ether oxygens (including phenoxy) is 1. The lowest BCUT2D eigenvalue weighted by Gasteiger charge is -2.25. The van der Waals surface area contributed by atoms with Crippen molar-refractivity contribution in [1.29, 1.82) is 5.26 Å². The number of likely N-dealkylation sites (tertiary alicyclic amines) is 1. The van der Waals surface area contributed by atoms with E-state index in [4.69, 9.17) is 14.7 Å². The summed E-state index contributed by atoms with van der Waals surface area (Å²) in [6, 6.07) is 9.46. The highest BCUT2D eigenvalue weighted by Gasteiger charge is 2.19. The number of rotatable bonds is 4. The molecule has 5 nitrogen and oxygen atoms in total. The zero-order valence-corrected chi connectivity index (χ0v) is 16.5. The van der Waals surface area contributed by atoms with E-state index in [1.165, 1.54) is 24.1 Å². The summed E-state index contributed by atoms with van der Waals surface area (Å²) in [6.45, 7) is 7.10. The third kappa shape index (κ3) is 3.66. The van der Waals surface area contributed by atoms with Gasteiger partial charge in [0.2, 0.25) is 5.88 Å². The van der Waals surface area contributed by atoms with Gasteiger partial charge >= 0.3 is 0 Å². The number of fused-ring (bicyclic) bond motifs is 1. The van der Waals surface area contributed by atoms with E-state index in [0.717, 1.165) is 41.2 Å². The molecule has 0 spiro atoms. The Balaban J connectivity index is 1.75. The van der Waals surface area contributed by atoms with Crippen LogP contribution in [0, 0.1) is 25.2 Å². The maximum absolute atomic E-state index is 9.37. The molecule has 1 aliphatic heterocycles. The van der Waals surface area contributed by atoms with Gasteiger partial charge in [-0.2, -0.15) is 10.2 Å². The highest BCUT2D eigenvalue weighted by Crippen LogP contribution is 2.37. The zero-order chi connectivity index (χ0) is 18.8. The normalized spacial score (nSPS) is 15.0. The number of aryl methyl sites for hydroxylation is 2. The van der Waals surface area contributed by atoms with Crippen LogP contribution in [-0.4, -0.2) is 28.0 Å². The maximum atomic E-state index is 9.37. The van der Waals surface area contributed by atoms with Crippen LogP contribution >= 0.6 is 11.3 Å². The fraction of sp³-hybridized carbons (Fsp3) is 0.381. The molecule has 3 heterocycles. The second-order valence-corrected chi connectivity index (χ2v) is 8.16. The number of hydrogen-bond acceptors (Lipinski definition) is 6. The Hall–Kier alpha value is -2.49. The first kappa shape index (κ1) is 17.9. The van der Waals surface area contributed by atoms with Crippen molar-refractivity contribution in [3.05, 3.63) is 46.1 Å². The number of hydrogen-bond donors (Lipinski definition) is 0. The topological polar surface area (TPSA) is 62.0 Å². The number of benzene rings is 1. The van der Waals surface area contributed by atoms with Crippen LogP contribution in [0.3, 0.4) is 0 Å². The highest BCUT2D eigenvalue weighted by molar-refractivity contribution is 7.18. The average molecular weight is 379 g/mol. The summed E-state index contributed by atoms with van der Waals surface area (Å²) in [5.41, 5.74) is 1.65. The minimum absolute atomic E-state index is 0.506. The van der Waals surface area contributed by atoms with E-state index < -0.39 is 0 Å². The van der Waals surface area contributed by atoms with Gasteiger partial charge in [0.05, 0.1) is 17.5 Å². The van der Waals surface area contributed by atoms with Crippen molar-refractivity contribution in [3.8, 4) is 17.7 Å². The molecule has 1 aromatic carbocycles. The molecule has 0 radical (unpaired) electrons. The molecule has 1 fully saturated rings. The summed E-state index contributed by atoms with van der Waals surface area (Å²) in [5, 5.41) is 10.3. The van der Waals surface area contributed by atoms with Crippen LogP contribution in [0.5, 0.6) is 11.6 Å². The molecule has 0 N–H and O–H groups in total. The number of piperidine rings is 1. The Morgan fingerprint density at radius 1 is 1.15 bits per heavy atom. The van der Waals surface area contributed by atoms with Gasteiger partial charge in [0.15, 0.2) is 0 Å². The molecule has 1 saturated heterocycles. The Labute approximate surface area is 163 Å². The van der Waals surface area contributed by atoms with Gasteiger partial charge in [-0.25, -0.2) is 4.98 Å². The molecule has 0 saturated carbocycles. The van der Waals surface area contributed by atoms with Gasteiger partial charge in [0, 0.05) is 4.88 Å². The molecule has 4 rings (SSSR count). The van der Waals surface area contributed by atoms with Crippen LogP contribution in [0.4, 0.5) is 0 Å². The van der Waals surface area contributed by atoms with Crippen molar-refractivity contribution in [2.75, 3.05) is 13.1 Å². The van der Waals surface area contributed by atoms with E-state index in [1.54, 1.807) is 17.4 Å². The average Bonchev–Trinajstić information content (AvgIpc) is 2.97. The van der Waals surface area contributed by atoms with Crippen molar-refractivity contribution in [2.24, 2.45) is 0 Å². The van der Waals surface area contributed by atoms with Crippen molar-refractivity contribution < 1.29 is 4.74 Å². The van der Waals surface area contributed by atoms with Crippen molar-refractivity contribution in [1.82, 2.24) is 14.9 Å². The van der Waals surface area contributed by atoms with E-state index >= 15 is 0 Å². The van der Waals surface area contributed by atoms with E-state index in [-0.39, 0.29) is 0 Å². The summed E-state index contributed by atoms with van der Waals surface area (Å²) in [6.07, 6.45) is 3.77. The van der Waals surface area contributed by atoms with Crippen molar-refractivity contribution in [3.63, 3.8) is 0 Å². The standard InChI is InChI=1S/C21H22N4OS/c1-14-15(2)27-21-19(14)20(26-17-9-5-4-8-16(17)12-22)23-18(24-21)13-25-10-6-3-7-11-25/h4-5,8-9H,3,6-7,10-11,13H2,1-2H3. The molecule has 0 aliphatic carbocycles. The van der Waals surface area contributed by atoms with Crippen LogP contribution in [0.1, 0.15) is 41.1 Å². The molecule has 1 aliphatic rings. The monoisotopic (exact) mass is 378 g/mol. The van der Waals surface area contributed by atoms with Crippen LogP contribution < -0.4 is 4.74 Å². The van der Waals surface area contributed by atoms with Crippen molar-refractivity contribution >= 4 is 21.6 Å². The molecule has 0 amide bonds. The molecule has 0 atom stereocenters. The SMILES string of the molecule is Cc1sc2nc(CN3CCCCC3)nc(Oc3ccccc3C#N)c2c1C. The summed E-state index contributed by atoms with van der Waals surface area (Å²) >= 11 is 1.67. The largest absolute Gasteiger partial charge is 0.437 e. The minimum atomic E-state index is 0.506. The molecule has 6 heteroatoms. The van der Waals surface area contributed by atoms with Crippen molar-refractivity contribution in [2.45, 2.75) is 39.7 Å². The number of para-hydroxylation sites is 1. The van der Waals surface area contributed by atoms with Crippen LogP contribution in [0.2, 0.25) is 0 Å². The van der Waals surface area contributed by atoms with Gasteiger partial charge in [-0.3, -0.25) is 4.90 Å². The molecule has 0 bridgehead atoms. The first-order valence-corrected chi connectivity index (χ1v) is 10.1. The molecule has 3 aromatic rings. The van der Waals surface area contributed by atoms with Crippen LogP contribution in [-0.2, 0) is 6.54 Å². The van der Waals surface area contributed by atoms with Gasteiger partial charge in [-0.1, -0.05) is 18.6 Å². The third-order valence-electron chi connectivity index (χ3n) is 5.07. The number of nitrogens with zero attached hydrogens (tertiary/aromatic N) is 4. The van der Waals surface area contributed by atoms with Crippen LogP contribution in [0.15, 0.2) is 24.3 Å². The van der Waals surface area contributed by atoms with Gasteiger partial charge in [-0.05, 0) is 57.5 Å². The zero-order valence-electron chi connectivity index (χ0n) is 15.7. The number of nitriles is 1. The fourth-order valence-corrected chi connectivity index (χ4v) is 4.51. The quantitative estimate of drug-likeness (QED) is 0.642. The predicted molar refractivity (Wildman–Crippen MR) is 107 cm³/mol. The fourth-order valence-electron chi connectivity index (χ4n) is 3.47. The second-order valence-electron chi connectivity index (χ2n) is 6.96. The van der Waals surface area contributed by atoms with Gasteiger partial charge in [0.1, 0.15) is 22.5 Å². The lowest BCUT2D eigenvalue weighted by Crippen LogP contribution is -2.29. The lowest BCUT2D eigenvalue weighted by molar-refractivity contribution is 0.215. The first-order chi connectivity index (χ1) is 13.2. The number of aromatic nitrogens is 2. The van der Waals surface area contributed by atoms with Gasteiger partial charge in [0.25, 0.3) is 0 Å². The van der Waals surface area contributed by atoms with E-state index in [0.29, 0.717) is 17.2 Å². The third-order valence-corrected chi connectivity index (χ3v) is 6.17. The smallest absolute Gasteiger partial charge is 0.231 e. The maximum Gasteiger partial charge on any atom is 0.231 e. The second kappa shape index (κ2) is 7.63. The van der Waals surface area contributed by atoms with Gasteiger partial charge < -0.3 is 4.74 Å². The molecule has 0 unspecified atom stereocenters. The summed E-state index contributed by atoms with van der Waals surface area (Å²) in [5.74, 6) is 1.87. The lowest BCUT2D eigenvalue weighted by atomic mass is 10.1. The molecule has 27 heavy (non-hydrogen) atoms. The summed E-state index contributed by atoms with van der Waals surface area (Å²) in [7, 11) is 0. The van der Waals surface area contributed by atoms with E-state index in [9.17, 15) is 5.26 Å². The molecule has 138 valence electrons. The Kier molecular flexibility index (Phi) is 5.06. The molecule has 2 aromatic heterocycles. The molecular formula is C21H22N4OS. The Bertz CT molecular complexity index is 1010. The first-order valence-electron chi connectivity index (χ1n) is 9.31. The van der Waals surface area contributed by atoms with E-state index in [1.807, 2.05) is 18.2 Å². The number of thiophene rings is 1. The highest BCUT2D eigenvalue weighted by atomic mass is 32.1. The Morgan fingerprint density at radius 2 is 1.93 bits per heavy atom. The Morgan fingerprint density at radius 3 is 2.70 bits per heavy atom. The predicted octanol–water partition coefficient (Wildman–Crippen LogP) is 4.96. The summed E-state index contributed by atoms with van der Waals surface area (Å²) in [4.78, 5) is 14.2. The van der Waals surface area contributed by atoms with E-state index in [2.05, 4.69) is 24.8 Å². The minimum Gasteiger partial charge on any atom is -0.437 e. The summed E-state index contributed by atoms with van der Waals surface area (Å²) < 4.78 is 6.15. The van der Waals surface area contributed by atoms with Gasteiger partial charge in [-0.15, -0.1) is 11.3 Å².